The summed E-state index contributed by atoms with van der Waals surface area (Å²) in [5.41, 5.74) is 0. The van der Waals surface area contributed by atoms with Crippen LogP contribution < -0.4 is 0 Å². The van der Waals surface area contributed by atoms with Crippen LogP contribution in [0.25, 0.3) is 0 Å². The molecule has 0 saturated heterocycles. The molecule has 9 nitrogen and oxygen atoms in total. The largest absolute Gasteiger partial charge is 0.469 e. The zero-order valence-corrected chi connectivity index (χ0v) is 33.2. The summed E-state index contributed by atoms with van der Waals surface area (Å²) in [5.74, 6) is -0.989. The van der Waals surface area contributed by atoms with Crippen LogP contribution in [-0.2, 0) is 28.2 Å². The highest BCUT2D eigenvalue weighted by molar-refractivity contribution is 7.46. The minimum absolute atomic E-state index is 0.115. The van der Waals surface area contributed by atoms with Crippen molar-refractivity contribution in [3.05, 3.63) is 72.9 Å². The fraction of sp³-hybridized carbons (Fsp3) is 0.667. The van der Waals surface area contributed by atoms with Gasteiger partial charge in [-0.05, 0) is 83.5 Å². The fourth-order valence-electron chi connectivity index (χ4n) is 5.06. The van der Waals surface area contributed by atoms with Gasteiger partial charge in [0.15, 0.2) is 6.10 Å². The van der Waals surface area contributed by atoms with Crippen LogP contribution in [0, 0.1) is 0 Å². The van der Waals surface area contributed by atoms with Crippen LogP contribution in [0.3, 0.4) is 0 Å². The molecule has 0 saturated carbocycles. The molecule has 2 atom stereocenters. The lowest BCUT2D eigenvalue weighted by Crippen LogP contribution is -2.29. The molecule has 0 aromatic carbocycles. The molecule has 0 rings (SSSR count). The maximum atomic E-state index is 12.4. The third-order valence-electron chi connectivity index (χ3n) is 8.00. The maximum absolute atomic E-state index is 12.4. The molecule has 10 heteroatoms. The number of rotatable bonds is 35. The molecule has 0 aliphatic carbocycles. The van der Waals surface area contributed by atoms with E-state index < -0.39 is 32.5 Å². The lowest BCUT2D eigenvalue weighted by Gasteiger charge is -2.18. The summed E-state index contributed by atoms with van der Waals surface area (Å²) in [6.07, 6.45) is 44.0. The van der Waals surface area contributed by atoms with E-state index in [0.717, 1.165) is 77.0 Å². The summed E-state index contributed by atoms with van der Waals surface area (Å²) in [4.78, 5) is 42.7. The standard InChI is InChI=1S/C42H71O9P/c1-3-5-6-7-8-9-10-11-12-13-16-19-22-25-28-31-35-41(44)49-37-40(38-50-52(46,47)48)51-42(45)36-32-29-26-23-20-17-14-15-18-21-24-27-30-34-39(43)33-4-2/h8-9,11-12,14,17-18,21,23,26-27,30,39-40,43H,3-7,10,13,15-16,19-20,22,24-25,28-29,31-38H2,1-2H3,(H2,46,47,48)/b9-8-,12-11-,17-14-,21-18-,26-23-,30-27-/t39?,40-/m1/s1. The number of unbranched alkanes of at least 4 members (excludes halogenated alkanes) is 10. The smallest absolute Gasteiger partial charge is 0.462 e. The van der Waals surface area contributed by atoms with Crippen molar-refractivity contribution in [2.24, 2.45) is 0 Å². The number of phosphoric acid groups is 1. The summed E-state index contributed by atoms with van der Waals surface area (Å²) < 4.78 is 26.3. The number of aliphatic hydroxyl groups is 1. The van der Waals surface area contributed by atoms with E-state index in [4.69, 9.17) is 19.3 Å². The summed E-state index contributed by atoms with van der Waals surface area (Å²) in [7, 11) is -4.78. The van der Waals surface area contributed by atoms with Crippen molar-refractivity contribution in [3.8, 4) is 0 Å². The van der Waals surface area contributed by atoms with E-state index in [1.54, 1.807) is 0 Å². The Kier molecular flexibility index (Phi) is 35.0. The quantitative estimate of drug-likeness (QED) is 0.0250. The second kappa shape index (κ2) is 36.8. The maximum Gasteiger partial charge on any atom is 0.469 e. The zero-order chi connectivity index (χ0) is 38.4. The van der Waals surface area contributed by atoms with Gasteiger partial charge in [-0.3, -0.25) is 14.1 Å². The van der Waals surface area contributed by atoms with Crippen molar-refractivity contribution in [2.75, 3.05) is 13.2 Å². The molecular weight excluding hydrogens is 679 g/mol. The minimum atomic E-state index is -4.78. The van der Waals surface area contributed by atoms with Crippen LogP contribution in [0.2, 0.25) is 0 Å². The average molecular weight is 751 g/mol. The lowest BCUT2D eigenvalue weighted by molar-refractivity contribution is -0.161. The summed E-state index contributed by atoms with van der Waals surface area (Å²) in [6.45, 7) is 3.39. The predicted octanol–water partition coefficient (Wildman–Crippen LogP) is 10.9. The molecular formula is C42H71O9P. The van der Waals surface area contributed by atoms with Gasteiger partial charge in [0.05, 0.1) is 12.7 Å². The SMILES string of the molecule is CCCCC/C=C\C/C=C\CCCCCCCCC(=O)OC[C@H](COP(=O)(O)O)OC(=O)CCC/C=C\C/C=C\C/C=C\C/C=C\CC(O)CCC. The third kappa shape index (κ3) is 38.7. The number of ether oxygens (including phenoxy) is 2. The van der Waals surface area contributed by atoms with Gasteiger partial charge in [0.25, 0.3) is 0 Å². The Hall–Kier alpha value is -2.55. The number of esters is 2. The van der Waals surface area contributed by atoms with Gasteiger partial charge >= 0.3 is 19.8 Å². The van der Waals surface area contributed by atoms with E-state index in [2.05, 4.69) is 73.1 Å². The molecule has 0 heterocycles. The lowest BCUT2D eigenvalue weighted by atomic mass is 10.1. The monoisotopic (exact) mass is 750 g/mol. The van der Waals surface area contributed by atoms with Crippen molar-refractivity contribution in [3.63, 3.8) is 0 Å². The molecule has 0 aliphatic rings. The molecule has 0 aromatic rings. The second-order valence-corrected chi connectivity index (χ2v) is 14.3. The Bertz CT molecular complexity index is 1090. The Morgan fingerprint density at radius 2 is 1.06 bits per heavy atom. The molecule has 0 spiro atoms. The third-order valence-corrected chi connectivity index (χ3v) is 8.49. The van der Waals surface area contributed by atoms with Crippen LogP contribution in [0.5, 0.6) is 0 Å². The number of carbonyl (C=O) groups is 2. The molecule has 0 aliphatic heterocycles. The molecule has 0 bridgehead atoms. The van der Waals surface area contributed by atoms with Gasteiger partial charge in [0.2, 0.25) is 0 Å². The molecule has 0 amide bonds. The van der Waals surface area contributed by atoms with E-state index in [1.807, 2.05) is 18.2 Å². The van der Waals surface area contributed by atoms with Crippen LogP contribution >= 0.6 is 7.82 Å². The Morgan fingerprint density at radius 3 is 1.62 bits per heavy atom. The van der Waals surface area contributed by atoms with Crippen LogP contribution in [-0.4, -0.2) is 52.3 Å². The molecule has 0 fully saturated rings. The first-order chi connectivity index (χ1) is 25.2. The Balaban J connectivity index is 4.11. The number of phosphoric ester groups is 1. The number of allylic oxidation sites excluding steroid dienone is 11. The van der Waals surface area contributed by atoms with Gasteiger partial charge in [0.1, 0.15) is 6.61 Å². The normalized spacial score (nSPS) is 13.9. The predicted molar refractivity (Wildman–Crippen MR) is 213 cm³/mol. The zero-order valence-electron chi connectivity index (χ0n) is 32.3. The molecule has 1 unspecified atom stereocenters. The topological polar surface area (TPSA) is 140 Å². The number of hydrogen-bond donors (Lipinski definition) is 3. The van der Waals surface area contributed by atoms with Gasteiger partial charge < -0.3 is 24.4 Å². The van der Waals surface area contributed by atoms with Crippen molar-refractivity contribution >= 4 is 19.8 Å². The molecule has 52 heavy (non-hydrogen) atoms. The van der Waals surface area contributed by atoms with Gasteiger partial charge in [-0.25, -0.2) is 4.57 Å². The van der Waals surface area contributed by atoms with E-state index in [1.165, 1.54) is 25.7 Å². The molecule has 0 aromatic heterocycles. The Labute approximate surface area is 315 Å². The molecule has 0 radical (unpaired) electrons. The van der Waals surface area contributed by atoms with Gasteiger partial charge in [-0.1, -0.05) is 132 Å². The van der Waals surface area contributed by atoms with Crippen LogP contribution in [0.15, 0.2) is 72.9 Å². The van der Waals surface area contributed by atoms with E-state index >= 15 is 0 Å². The number of carbonyl (C=O) groups excluding carboxylic acids is 2. The fourth-order valence-corrected chi connectivity index (χ4v) is 5.42. The van der Waals surface area contributed by atoms with Crippen molar-refractivity contribution < 1.29 is 43.0 Å². The Morgan fingerprint density at radius 1 is 0.577 bits per heavy atom. The first kappa shape index (κ1) is 49.5. The average Bonchev–Trinajstić information content (AvgIpc) is 3.10. The van der Waals surface area contributed by atoms with E-state index in [-0.39, 0.29) is 25.6 Å². The molecule has 3 N–H and O–H groups in total. The summed E-state index contributed by atoms with van der Waals surface area (Å²) >= 11 is 0. The van der Waals surface area contributed by atoms with Gasteiger partial charge in [-0.2, -0.15) is 0 Å². The summed E-state index contributed by atoms with van der Waals surface area (Å²) in [5, 5.41) is 9.70. The van der Waals surface area contributed by atoms with Crippen LogP contribution in [0.1, 0.15) is 155 Å². The van der Waals surface area contributed by atoms with Crippen LogP contribution in [0.4, 0.5) is 0 Å². The highest BCUT2D eigenvalue weighted by Crippen LogP contribution is 2.36. The van der Waals surface area contributed by atoms with Crippen molar-refractivity contribution in [1.82, 2.24) is 0 Å². The first-order valence-electron chi connectivity index (χ1n) is 19.8. The summed E-state index contributed by atoms with van der Waals surface area (Å²) in [6, 6.07) is 0. The van der Waals surface area contributed by atoms with Gasteiger partial charge in [-0.15, -0.1) is 0 Å². The number of aliphatic hydroxyl groups excluding tert-OH is 1. The highest BCUT2D eigenvalue weighted by Gasteiger charge is 2.22. The number of hydrogen-bond acceptors (Lipinski definition) is 7. The van der Waals surface area contributed by atoms with E-state index in [9.17, 15) is 19.3 Å². The first-order valence-corrected chi connectivity index (χ1v) is 21.3. The van der Waals surface area contributed by atoms with Gasteiger partial charge in [0, 0.05) is 12.8 Å². The highest BCUT2D eigenvalue weighted by atomic mass is 31.2. The minimum Gasteiger partial charge on any atom is -0.462 e. The molecule has 298 valence electrons. The van der Waals surface area contributed by atoms with Crippen molar-refractivity contribution in [2.45, 2.75) is 167 Å². The second-order valence-electron chi connectivity index (χ2n) is 13.1. The van der Waals surface area contributed by atoms with E-state index in [0.29, 0.717) is 25.7 Å². The van der Waals surface area contributed by atoms with Crippen molar-refractivity contribution in [1.29, 1.82) is 0 Å².